The highest BCUT2D eigenvalue weighted by Crippen LogP contribution is 2.32. The Morgan fingerprint density at radius 1 is 1.21 bits per heavy atom. The first-order valence-electron chi connectivity index (χ1n) is 5.95. The van der Waals surface area contributed by atoms with Crippen LogP contribution in [0.3, 0.4) is 0 Å². The van der Waals surface area contributed by atoms with Crippen molar-refractivity contribution in [2.45, 2.75) is 18.2 Å². The van der Waals surface area contributed by atoms with Crippen LogP contribution >= 0.6 is 11.6 Å². The summed E-state index contributed by atoms with van der Waals surface area (Å²) in [5.41, 5.74) is 1.69. The monoisotopic (exact) mass is 296 g/mol. The average Bonchev–Trinajstić information content (AvgIpc) is 2.39. The van der Waals surface area contributed by atoms with Gasteiger partial charge in [0.15, 0.2) is 0 Å². The van der Waals surface area contributed by atoms with Crippen LogP contribution in [0.1, 0.15) is 12.5 Å². The molecule has 1 nitrogen and oxygen atoms in total. The summed E-state index contributed by atoms with van der Waals surface area (Å²) in [5, 5.41) is 0.460. The van der Waals surface area contributed by atoms with Gasteiger partial charge in [-0.2, -0.15) is 0 Å². The summed E-state index contributed by atoms with van der Waals surface area (Å²) in [5.74, 6) is -0.258. The molecule has 0 saturated carbocycles. The van der Waals surface area contributed by atoms with E-state index in [9.17, 15) is 8.60 Å². The second kappa shape index (κ2) is 5.85. The maximum Gasteiger partial charge on any atom is 0.134 e. The summed E-state index contributed by atoms with van der Waals surface area (Å²) >= 11 is 6.14. The molecule has 0 bridgehead atoms. The smallest absolute Gasteiger partial charge is 0.134 e. The summed E-state index contributed by atoms with van der Waals surface area (Å²) in [4.78, 5) is 0.640. The van der Waals surface area contributed by atoms with E-state index in [-0.39, 0.29) is 5.82 Å². The van der Waals surface area contributed by atoms with Crippen molar-refractivity contribution in [1.29, 1.82) is 0 Å². The van der Waals surface area contributed by atoms with Gasteiger partial charge in [-0.15, -0.1) is 0 Å². The van der Waals surface area contributed by atoms with Crippen LogP contribution in [0.2, 0.25) is 5.02 Å². The number of halogens is 2. The van der Waals surface area contributed by atoms with Crippen LogP contribution in [0.25, 0.3) is 11.1 Å². The summed E-state index contributed by atoms with van der Waals surface area (Å²) in [6, 6.07) is 10.3. The highest BCUT2D eigenvalue weighted by molar-refractivity contribution is 7.84. The molecule has 0 N–H and O–H groups in total. The summed E-state index contributed by atoms with van der Waals surface area (Å²) in [7, 11) is -1.12. The van der Waals surface area contributed by atoms with Crippen LogP contribution in [0.5, 0.6) is 0 Å². The molecule has 0 aliphatic rings. The van der Waals surface area contributed by atoms with E-state index in [1.54, 1.807) is 36.6 Å². The molecule has 1 unspecified atom stereocenters. The maximum atomic E-state index is 14.3. The van der Waals surface area contributed by atoms with E-state index < -0.39 is 10.8 Å². The summed E-state index contributed by atoms with van der Waals surface area (Å²) in [6.45, 7) is 1.90. The number of hydrogen-bond donors (Lipinski definition) is 0. The van der Waals surface area contributed by atoms with E-state index in [1.165, 1.54) is 0 Å². The minimum absolute atomic E-state index is 0.258. The van der Waals surface area contributed by atoms with Crippen molar-refractivity contribution in [3.8, 4) is 11.1 Å². The lowest BCUT2D eigenvalue weighted by Crippen LogP contribution is -1.94. The van der Waals surface area contributed by atoms with Crippen molar-refractivity contribution in [3.05, 3.63) is 52.8 Å². The molecule has 2 aromatic rings. The van der Waals surface area contributed by atoms with Gasteiger partial charge in [0, 0.05) is 38.1 Å². The molecule has 100 valence electrons. The average molecular weight is 297 g/mol. The normalized spacial score (nSPS) is 12.4. The second-order valence-electron chi connectivity index (χ2n) is 4.23. The zero-order valence-electron chi connectivity index (χ0n) is 10.7. The van der Waals surface area contributed by atoms with Crippen molar-refractivity contribution in [3.63, 3.8) is 0 Å². The Labute approximate surface area is 119 Å². The van der Waals surface area contributed by atoms with Crippen LogP contribution in [0, 0.1) is 5.82 Å². The Morgan fingerprint density at radius 3 is 2.58 bits per heavy atom. The number of aryl methyl sites for hydroxylation is 1. The number of hydrogen-bond acceptors (Lipinski definition) is 1. The molecule has 0 spiro atoms. The van der Waals surface area contributed by atoms with E-state index in [1.807, 2.05) is 13.0 Å². The van der Waals surface area contributed by atoms with Crippen molar-refractivity contribution >= 4 is 22.4 Å². The molecule has 1 atom stereocenters. The van der Waals surface area contributed by atoms with Crippen molar-refractivity contribution in [2.75, 3.05) is 6.26 Å². The minimum Gasteiger partial charge on any atom is -0.255 e. The standard InChI is InChI=1S/C15H14ClFOS/c1-3-10-5-4-6-12(15(10)17)13-9-11(19(2)18)7-8-14(13)16/h4-9H,3H2,1-2H3. The maximum absolute atomic E-state index is 14.3. The highest BCUT2D eigenvalue weighted by Gasteiger charge is 2.13. The van der Waals surface area contributed by atoms with Crippen LogP contribution in [-0.2, 0) is 17.2 Å². The van der Waals surface area contributed by atoms with Gasteiger partial charge in [0.25, 0.3) is 0 Å². The topological polar surface area (TPSA) is 17.1 Å². The minimum atomic E-state index is -1.12. The van der Waals surface area contributed by atoms with Gasteiger partial charge in [0.2, 0.25) is 0 Å². The fourth-order valence-electron chi connectivity index (χ4n) is 1.95. The van der Waals surface area contributed by atoms with Crippen LogP contribution in [0.15, 0.2) is 41.3 Å². The van der Waals surface area contributed by atoms with Crippen LogP contribution in [-0.4, -0.2) is 10.5 Å². The molecule has 0 heterocycles. The molecule has 0 aliphatic carbocycles. The summed E-state index contributed by atoms with van der Waals surface area (Å²) in [6.07, 6.45) is 2.21. The molecular formula is C15H14ClFOS. The molecule has 0 fully saturated rings. The SMILES string of the molecule is CCc1cccc(-c2cc(S(C)=O)ccc2Cl)c1F. The van der Waals surface area contributed by atoms with Crippen LogP contribution < -0.4 is 0 Å². The van der Waals surface area contributed by atoms with E-state index >= 15 is 0 Å². The van der Waals surface area contributed by atoms with Gasteiger partial charge in [-0.25, -0.2) is 4.39 Å². The largest absolute Gasteiger partial charge is 0.255 e. The first-order chi connectivity index (χ1) is 9.04. The van der Waals surface area contributed by atoms with E-state index in [0.29, 0.717) is 33.0 Å². The van der Waals surface area contributed by atoms with Gasteiger partial charge in [-0.3, -0.25) is 4.21 Å². The third-order valence-electron chi connectivity index (χ3n) is 3.02. The van der Waals surface area contributed by atoms with E-state index in [4.69, 9.17) is 11.6 Å². The molecule has 0 saturated heterocycles. The van der Waals surface area contributed by atoms with E-state index in [2.05, 4.69) is 0 Å². The van der Waals surface area contributed by atoms with E-state index in [0.717, 1.165) is 0 Å². The molecule has 0 aliphatic heterocycles. The Hall–Kier alpha value is -1.19. The van der Waals surface area contributed by atoms with Crippen molar-refractivity contribution in [2.24, 2.45) is 0 Å². The Balaban J connectivity index is 2.64. The molecular weight excluding hydrogens is 283 g/mol. The van der Waals surface area contributed by atoms with Crippen molar-refractivity contribution in [1.82, 2.24) is 0 Å². The molecule has 0 aromatic heterocycles. The lowest BCUT2D eigenvalue weighted by atomic mass is 10.0. The first-order valence-corrected chi connectivity index (χ1v) is 7.89. The molecule has 4 heteroatoms. The highest BCUT2D eigenvalue weighted by atomic mass is 35.5. The summed E-state index contributed by atoms with van der Waals surface area (Å²) < 4.78 is 25.9. The van der Waals surface area contributed by atoms with Crippen molar-refractivity contribution < 1.29 is 8.60 Å². The fourth-order valence-corrected chi connectivity index (χ4v) is 2.71. The molecule has 2 rings (SSSR count). The Kier molecular flexibility index (Phi) is 4.38. The molecule has 2 aromatic carbocycles. The quantitative estimate of drug-likeness (QED) is 0.818. The number of rotatable bonds is 3. The van der Waals surface area contributed by atoms with Gasteiger partial charge >= 0.3 is 0 Å². The predicted molar refractivity (Wildman–Crippen MR) is 78.6 cm³/mol. The zero-order chi connectivity index (χ0) is 14.0. The lowest BCUT2D eigenvalue weighted by Gasteiger charge is -2.10. The van der Waals surface area contributed by atoms with Gasteiger partial charge in [0.1, 0.15) is 5.82 Å². The van der Waals surface area contributed by atoms with Crippen LogP contribution in [0.4, 0.5) is 4.39 Å². The fraction of sp³-hybridized carbons (Fsp3) is 0.200. The second-order valence-corrected chi connectivity index (χ2v) is 6.01. The molecule has 0 amide bonds. The predicted octanol–water partition coefficient (Wildman–Crippen LogP) is 4.45. The third kappa shape index (κ3) is 2.88. The lowest BCUT2D eigenvalue weighted by molar-refractivity contribution is 0.615. The third-order valence-corrected chi connectivity index (χ3v) is 4.27. The van der Waals surface area contributed by atoms with Gasteiger partial charge in [-0.05, 0) is 30.2 Å². The number of benzene rings is 2. The molecule has 19 heavy (non-hydrogen) atoms. The first kappa shape index (κ1) is 14.2. The zero-order valence-corrected chi connectivity index (χ0v) is 12.3. The Morgan fingerprint density at radius 2 is 1.95 bits per heavy atom. The van der Waals surface area contributed by atoms with Gasteiger partial charge in [-0.1, -0.05) is 36.7 Å². The Bertz CT molecular complexity index is 640. The molecule has 0 radical (unpaired) electrons. The van der Waals surface area contributed by atoms with Gasteiger partial charge in [0.05, 0.1) is 0 Å². The van der Waals surface area contributed by atoms with Gasteiger partial charge < -0.3 is 0 Å².